The lowest BCUT2D eigenvalue weighted by Crippen LogP contribution is -2.92. The molecule has 0 amide bonds. The smallest absolute Gasteiger partial charge is 0.270 e. The highest BCUT2D eigenvalue weighted by molar-refractivity contribution is 8.76. The maximum absolute atomic E-state index is 12.9. The molecule has 0 unspecified atom stereocenters. The summed E-state index contributed by atoms with van der Waals surface area (Å²) in [4.78, 5) is 50.4. The van der Waals surface area contributed by atoms with Crippen molar-refractivity contribution in [2.45, 2.75) is 89.3 Å². The van der Waals surface area contributed by atoms with Crippen LogP contribution in [0.2, 0.25) is 0 Å². The number of hydrogen-bond acceptors (Lipinski definition) is 12. The average Bonchev–Trinajstić information content (AvgIpc) is 3.07. The molecule has 54 heavy (non-hydrogen) atoms. The number of pyridine rings is 2. The van der Waals surface area contributed by atoms with Crippen LogP contribution in [0.15, 0.2) is 67.9 Å². The van der Waals surface area contributed by atoms with Crippen LogP contribution in [0.4, 0.5) is 11.4 Å². The summed E-state index contributed by atoms with van der Waals surface area (Å²) < 4.78 is 0. The molecule has 4 rings (SSSR count). The summed E-state index contributed by atoms with van der Waals surface area (Å²) in [6, 6.07) is 16.1. The first kappa shape index (κ1) is 44.5. The van der Waals surface area contributed by atoms with Crippen molar-refractivity contribution in [1.82, 2.24) is 9.97 Å². The fraction of sp³-hybridized carbons (Fsp3) is 0.333. The Kier molecular flexibility index (Phi) is 16.9. The van der Waals surface area contributed by atoms with Gasteiger partial charge in [0.25, 0.3) is 22.5 Å². The first-order valence-corrected chi connectivity index (χ1v) is 18.8. The number of quaternary nitrogens is 2. The second kappa shape index (κ2) is 20.5. The van der Waals surface area contributed by atoms with E-state index in [9.17, 15) is 50.6 Å². The minimum absolute atomic E-state index is 0.00233. The molecule has 0 fully saturated rings. The molecule has 0 aliphatic heterocycles. The number of nitriles is 2. The van der Waals surface area contributed by atoms with Gasteiger partial charge in [-0.15, -0.1) is 0 Å². The zero-order chi connectivity index (χ0) is 40.9. The lowest BCUT2D eigenvalue weighted by Gasteiger charge is -2.18. The van der Waals surface area contributed by atoms with Gasteiger partial charge in [0.05, 0.1) is 54.9 Å². The number of nitro groups is 2. The second-order valence-electron chi connectivity index (χ2n) is 13.1. The van der Waals surface area contributed by atoms with E-state index in [1.54, 1.807) is 12.1 Å². The van der Waals surface area contributed by atoms with Crippen LogP contribution < -0.4 is 32.0 Å². The Balaban J connectivity index is 0.000000610. The number of nitrogens with zero attached hydrogens (tertiary/aromatic N) is 4. The van der Waals surface area contributed by atoms with Crippen LogP contribution in [0.1, 0.15) is 66.5 Å². The van der Waals surface area contributed by atoms with Gasteiger partial charge in [-0.05, 0) is 99.9 Å². The topological polar surface area (TPSA) is 279 Å². The lowest BCUT2D eigenvalue weighted by atomic mass is 10.0. The van der Waals surface area contributed by atoms with Gasteiger partial charge in [-0.2, -0.15) is 10.5 Å². The number of nitro benzene ring substituents is 2. The Hall–Kier alpha value is -5.66. The average molecular weight is 779 g/mol. The SMILES string of the molecule is CC(C)[NH2+]C(C)C.CC(C)[NH2+]C(C)C.N#Cc1c([O-])[nH]c(=O)c(SSc2c(-c3cccc([N+](=O)[O-])c3)c(C#N)c([O-])[nH]c2=O)c1-c1cccc([N+](=O)[O-])c1. The predicted molar refractivity (Wildman–Crippen MR) is 203 cm³/mol. The number of H-pyrrole nitrogens is 2. The van der Waals surface area contributed by atoms with E-state index in [0.29, 0.717) is 21.6 Å². The third-order valence-electron chi connectivity index (χ3n) is 6.94. The van der Waals surface area contributed by atoms with Crippen molar-refractivity contribution in [3.8, 4) is 46.2 Å². The number of non-ortho nitro benzene ring substituents is 2. The quantitative estimate of drug-likeness (QED) is 0.0965. The zero-order valence-electron chi connectivity index (χ0n) is 31.0. The Morgan fingerprint density at radius 3 is 1.19 bits per heavy atom. The maximum Gasteiger partial charge on any atom is 0.270 e. The van der Waals surface area contributed by atoms with E-state index in [0.717, 1.165) is 36.3 Å². The molecule has 2 aromatic heterocycles. The summed E-state index contributed by atoms with van der Waals surface area (Å²) in [6.07, 6.45) is 0. The van der Waals surface area contributed by atoms with Crippen LogP contribution in [0.5, 0.6) is 11.8 Å². The van der Waals surface area contributed by atoms with E-state index >= 15 is 0 Å². The normalized spacial score (nSPS) is 10.6. The summed E-state index contributed by atoms with van der Waals surface area (Å²) >= 11 is 0. The minimum Gasteiger partial charge on any atom is -0.859 e. The van der Waals surface area contributed by atoms with Crippen LogP contribution in [0.3, 0.4) is 0 Å². The third-order valence-corrected chi connectivity index (χ3v) is 9.38. The molecule has 2 heterocycles. The first-order valence-electron chi connectivity index (χ1n) is 16.6. The minimum atomic E-state index is -1.04. The Morgan fingerprint density at radius 1 is 0.630 bits per heavy atom. The molecule has 0 spiro atoms. The van der Waals surface area contributed by atoms with Crippen LogP contribution in [0.25, 0.3) is 22.3 Å². The number of aromatic amines is 2. The predicted octanol–water partition coefficient (Wildman–Crippen LogP) is 3.64. The summed E-state index contributed by atoms with van der Waals surface area (Å²) in [5, 5.41) is 71.4. The molecule has 0 radical (unpaired) electrons. The lowest BCUT2D eigenvalue weighted by molar-refractivity contribution is -0.709. The Labute approximate surface area is 319 Å². The van der Waals surface area contributed by atoms with Gasteiger partial charge in [-0.25, -0.2) is 0 Å². The molecule has 6 N–H and O–H groups in total. The largest absolute Gasteiger partial charge is 0.859 e. The Bertz CT molecular complexity index is 2000. The van der Waals surface area contributed by atoms with Gasteiger partial charge in [-0.3, -0.25) is 29.8 Å². The van der Waals surface area contributed by atoms with Gasteiger partial charge in [0.2, 0.25) is 0 Å². The van der Waals surface area contributed by atoms with E-state index in [1.807, 2.05) is 9.97 Å². The fourth-order valence-corrected chi connectivity index (χ4v) is 7.70. The van der Waals surface area contributed by atoms with Gasteiger partial charge in [0.1, 0.15) is 12.1 Å². The molecule has 2 aromatic carbocycles. The maximum atomic E-state index is 12.9. The molecular weight excluding hydrogens is 737 g/mol. The highest BCUT2D eigenvalue weighted by Crippen LogP contribution is 2.46. The van der Waals surface area contributed by atoms with Crippen molar-refractivity contribution >= 4 is 33.0 Å². The zero-order valence-corrected chi connectivity index (χ0v) is 32.6. The Morgan fingerprint density at radius 2 is 0.944 bits per heavy atom. The van der Waals surface area contributed by atoms with E-state index < -0.39 is 43.9 Å². The molecule has 0 saturated heterocycles. The summed E-state index contributed by atoms with van der Waals surface area (Å²) in [6.45, 7) is 17.7. The molecule has 0 aliphatic rings. The molecule has 0 aliphatic carbocycles. The first-order chi connectivity index (χ1) is 25.3. The van der Waals surface area contributed by atoms with E-state index in [4.69, 9.17) is 0 Å². The third kappa shape index (κ3) is 12.5. The molecule has 0 saturated carbocycles. The summed E-state index contributed by atoms with van der Waals surface area (Å²) in [5.74, 6) is -2.08. The van der Waals surface area contributed by atoms with Crippen molar-refractivity contribution < 1.29 is 30.7 Å². The number of benzene rings is 2. The highest BCUT2D eigenvalue weighted by Gasteiger charge is 2.23. The van der Waals surface area contributed by atoms with Crippen molar-refractivity contribution in [1.29, 1.82) is 10.5 Å². The molecule has 0 atom stereocenters. The molecule has 16 nitrogen and oxygen atoms in total. The number of hydrogen-bond donors (Lipinski definition) is 4. The van der Waals surface area contributed by atoms with Gasteiger partial charge >= 0.3 is 0 Å². The van der Waals surface area contributed by atoms with Crippen LogP contribution in [0, 0.1) is 42.9 Å². The van der Waals surface area contributed by atoms with Gasteiger partial charge in [0.15, 0.2) is 0 Å². The van der Waals surface area contributed by atoms with E-state index in [-0.39, 0.29) is 43.4 Å². The molecule has 4 aromatic rings. The molecule has 286 valence electrons. The number of rotatable bonds is 11. The number of nitrogens with one attached hydrogen (secondary N) is 2. The van der Waals surface area contributed by atoms with Gasteiger partial charge in [-0.1, -0.05) is 24.3 Å². The summed E-state index contributed by atoms with van der Waals surface area (Å²) in [5.41, 5.74) is -4.23. The van der Waals surface area contributed by atoms with Crippen molar-refractivity contribution in [3.63, 3.8) is 0 Å². The number of nitrogens with two attached hydrogens (primary N) is 2. The van der Waals surface area contributed by atoms with Crippen LogP contribution >= 0.6 is 21.6 Å². The molecular formula is C36H42N8O8S2. The van der Waals surface area contributed by atoms with Crippen LogP contribution in [-0.4, -0.2) is 44.0 Å². The monoisotopic (exact) mass is 778 g/mol. The van der Waals surface area contributed by atoms with Crippen LogP contribution in [-0.2, 0) is 0 Å². The highest BCUT2D eigenvalue weighted by atomic mass is 33.1. The van der Waals surface area contributed by atoms with Crippen molar-refractivity contribution in [2.24, 2.45) is 0 Å². The van der Waals surface area contributed by atoms with Crippen molar-refractivity contribution in [3.05, 3.63) is 101 Å². The fourth-order valence-electron chi connectivity index (χ4n) is 5.22. The van der Waals surface area contributed by atoms with Gasteiger partial charge < -0.3 is 30.8 Å². The van der Waals surface area contributed by atoms with E-state index in [1.165, 1.54) is 36.4 Å². The molecule has 18 heteroatoms. The molecule has 0 bridgehead atoms. The standard InChI is InChI=1S/C24H12N6O8S2.2C6H15N/c25-9-15-17(11-3-1-5-13(7-11)29(35)36)19(23(33)27-21(15)31)39-40-20-18(16(10-26)22(32)28-24(20)34)12-4-2-6-14(8-12)30(37)38;2*1-5(2)7-6(3)4/h1-8H,(H2,27,31,33)(H2,28,32,34);2*5-7H,1-4H3. The number of aromatic nitrogens is 2. The second-order valence-corrected chi connectivity index (χ2v) is 15.2. The summed E-state index contributed by atoms with van der Waals surface area (Å²) in [7, 11) is 1.16. The van der Waals surface area contributed by atoms with Crippen molar-refractivity contribution in [2.75, 3.05) is 0 Å². The van der Waals surface area contributed by atoms with E-state index in [2.05, 4.69) is 66.0 Å². The van der Waals surface area contributed by atoms with Gasteiger partial charge in [0, 0.05) is 35.4 Å².